The molecule has 0 saturated heterocycles. The van der Waals surface area contributed by atoms with Crippen molar-refractivity contribution in [1.29, 1.82) is 0 Å². The van der Waals surface area contributed by atoms with Crippen LogP contribution in [0.5, 0.6) is 5.75 Å². The molecule has 122 valence electrons. The molecule has 0 atom stereocenters. The first-order chi connectivity index (χ1) is 11.7. The van der Waals surface area contributed by atoms with Gasteiger partial charge in [0.25, 0.3) is 0 Å². The lowest BCUT2D eigenvalue weighted by molar-refractivity contribution is -0.137. The summed E-state index contributed by atoms with van der Waals surface area (Å²) >= 11 is 1.36. The predicted molar refractivity (Wildman–Crippen MR) is 96.5 cm³/mol. The van der Waals surface area contributed by atoms with Gasteiger partial charge in [-0.1, -0.05) is 42.1 Å². The number of benzene rings is 2. The van der Waals surface area contributed by atoms with Gasteiger partial charge in [-0.05, 0) is 29.3 Å². The fourth-order valence-corrected chi connectivity index (χ4v) is 3.18. The van der Waals surface area contributed by atoms with Gasteiger partial charge in [-0.25, -0.2) is 4.98 Å². The average molecular weight is 339 g/mol. The minimum atomic E-state index is -0.270. The van der Waals surface area contributed by atoms with Crippen LogP contribution in [0.2, 0.25) is 0 Å². The zero-order valence-corrected chi connectivity index (χ0v) is 14.3. The summed E-state index contributed by atoms with van der Waals surface area (Å²) in [5.74, 6) is 0.714. The smallest absolute Gasteiger partial charge is 0.316 e. The Labute approximate surface area is 144 Å². The molecule has 3 rings (SSSR count). The van der Waals surface area contributed by atoms with E-state index in [-0.39, 0.29) is 11.7 Å². The summed E-state index contributed by atoms with van der Waals surface area (Å²) in [6, 6.07) is 18.0. The highest BCUT2D eigenvalue weighted by atomic mass is 32.2. The van der Waals surface area contributed by atoms with E-state index >= 15 is 0 Å². The van der Waals surface area contributed by atoms with Crippen LogP contribution < -0.4 is 4.74 Å². The number of fused-ring (bicyclic) bond motifs is 1. The minimum Gasteiger partial charge on any atom is -0.497 e. The van der Waals surface area contributed by atoms with Crippen molar-refractivity contribution in [2.24, 2.45) is 0 Å². The third-order valence-corrected chi connectivity index (χ3v) is 4.53. The number of aromatic nitrogens is 1. The van der Waals surface area contributed by atoms with E-state index in [1.54, 1.807) is 7.11 Å². The van der Waals surface area contributed by atoms with Crippen molar-refractivity contribution in [2.75, 3.05) is 20.0 Å². The number of rotatable bonds is 5. The van der Waals surface area contributed by atoms with E-state index in [1.807, 2.05) is 42.5 Å². The number of carbonyl (C=O) groups excluding carboxylic acids is 1. The fraction of sp³-hybridized carbons (Fsp3) is 0.158. The topological polar surface area (TPSA) is 48.4 Å². The van der Waals surface area contributed by atoms with E-state index in [0.29, 0.717) is 0 Å². The van der Waals surface area contributed by atoms with Crippen molar-refractivity contribution in [2.45, 2.75) is 5.03 Å². The molecule has 0 aliphatic carbocycles. The molecule has 0 bridgehead atoms. The number of carbonyl (C=O) groups is 1. The van der Waals surface area contributed by atoms with E-state index in [0.717, 1.165) is 32.8 Å². The van der Waals surface area contributed by atoms with Crippen LogP contribution in [0.3, 0.4) is 0 Å². The molecular formula is C19H17NO3S. The first kappa shape index (κ1) is 16.3. The first-order valence-corrected chi connectivity index (χ1v) is 8.43. The third-order valence-electron chi connectivity index (χ3n) is 3.64. The van der Waals surface area contributed by atoms with E-state index in [2.05, 4.69) is 17.1 Å². The third kappa shape index (κ3) is 3.51. The highest BCUT2D eigenvalue weighted by molar-refractivity contribution is 7.99. The Kier molecular flexibility index (Phi) is 5.01. The number of hydrogen-bond acceptors (Lipinski definition) is 5. The molecule has 0 amide bonds. The van der Waals surface area contributed by atoms with Gasteiger partial charge in [0.15, 0.2) is 0 Å². The lowest BCUT2D eigenvalue weighted by Gasteiger charge is -2.11. The zero-order chi connectivity index (χ0) is 16.9. The number of methoxy groups -OCH3 is 2. The molecular weight excluding hydrogens is 322 g/mol. The Hall–Kier alpha value is -2.53. The molecule has 0 fully saturated rings. The maximum Gasteiger partial charge on any atom is 0.316 e. The van der Waals surface area contributed by atoms with Crippen molar-refractivity contribution < 1.29 is 14.3 Å². The molecule has 1 aromatic heterocycles. The largest absolute Gasteiger partial charge is 0.497 e. The lowest BCUT2D eigenvalue weighted by Crippen LogP contribution is -2.03. The van der Waals surface area contributed by atoms with E-state index in [1.165, 1.54) is 18.9 Å². The van der Waals surface area contributed by atoms with Crippen LogP contribution in [-0.4, -0.2) is 30.9 Å². The second kappa shape index (κ2) is 7.36. The fourth-order valence-electron chi connectivity index (χ4n) is 2.43. The number of hydrogen-bond donors (Lipinski definition) is 0. The molecule has 0 spiro atoms. The molecule has 0 radical (unpaired) electrons. The van der Waals surface area contributed by atoms with Crippen LogP contribution in [0, 0.1) is 0 Å². The number of nitrogens with zero attached hydrogens (tertiary/aromatic N) is 1. The average Bonchev–Trinajstić information content (AvgIpc) is 2.65. The quantitative estimate of drug-likeness (QED) is 0.516. The monoisotopic (exact) mass is 339 g/mol. The molecule has 2 aromatic carbocycles. The number of esters is 1. The molecule has 24 heavy (non-hydrogen) atoms. The summed E-state index contributed by atoms with van der Waals surface area (Å²) < 4.78 is 10.0. The van der Waals surface area contributed by atoms with Gasteiger partial charge in [0.2, 0.25) is 0 Å². The van der Waals surface area contributed by atoms with Crippen LogP contribution in [0.4, 0.5) is 0 Å². The SMILES string of the molecule is COC(=O)CSc1cc(-c2ccccc2)c2ccc(OC)cc2n1. The van der Waals surface area contributed by atoms with E-state index in [9.17, 15) is 4.79 Å². The summed E-state index contributed by atoms with van der Waals surface area (Å²) in [5.41, 5.74) is 3.02. The summed E-state index contributed by atoms with van der Waals surface area (Å²) in [5, 5.41) is 1.82. The molecule has 0 aliphatic heterocycles. The van der Waals surface area contributed by atoms with E-state index in [4.69, 9.17) is 9.47 Å². The van der Waals surface area contributed by atoms with Gasteiger partial charge in [0.1, 0.15) is 5.75 Å². The minimum absolute atomic E-state index is 0.229. The van der Waals surface area contributed by atoms with Gasteiger partial charge < -0.3 is 9.47 Å². The van der Waals surface area contributed by atoms with Gasteiger partial charge >= 0.3 is 5.97 Å². The van der Waals surface area contributed by atoms with E-state index < -0.39 is 0 Å². The van der Waals surface area contributed by atoms with Crippen molar-refractivity contribution in [3.05, 3.63) is 54.6 Å². The Morgan fingerprint density at radius 2 is 1.88 bits per heavy atom. The molecule has 0 unspecified atom stereocenters. The van der Waals surface area contributed by atoms with Gasteiger partial charge in [-0.2, -0.15) is 0 Å². The predicted octanol–water partition coefficient (Wildman–Crippen LogP) is 4.18. The van der Waals surface area contributed by atoms with Crippen LogP contribution in [-0.2, 0) is 9.53 Å². The summed E-state index contributed by atoms with van der Waals surface area (Å²) in [4.78, 5) is 16.1. The Balaban J connectivity index is 2.11. The van der Waals surface area contributed by atoms with Crippen LogP contribution >= 0.6 is 11.8 Å². The Morgan fingerprint density at radius 1 is 1.08 bits per heavy atom. The van der Waals surface area contributed by atoms with Gasteiger partial charge in [0, 0.05) is 11.5 Å². The number of pyridine rings is 1. The summed E-state index contributed by atoms with van der Waals surface area (Å²) in [6.07, 6.45) is 0. The normalized spacial score (nSPS) is 10.6. The summed E-state index contributed by atoms with van der Waals surface area (Å²) in [6.45, 7) is 0. The first-order valence-electron chi connectivity index (χ1n) is 7.45. The molecule has 0 N–H and O–H groups in total. The number of ether oxygens (including phenoxy) is 2. The van der Waals surface area contributed by atoms with Crippen molar-refractivity contribution in [3.8, 4) is 16.9 Å². The zero-order valence-electron chi connectivity index (χ0n) is 13.5. The van der Waals surface area contributed by atoms with Crippen LogP contribution in [0.25, 0.3) is 22.0 Å². The molecule has 1 heterocycles. The molecule has 0 saturated carbocycles. The van der Waals surface area contributed by atoms with Gasteiger partial charge in [0.05, 0.1) is 30.5 Å². The molecule has 3 aromatic rings. The summed E-state index contributed by atoms with van der Waals surface area (Å²) in [7, 11) is 3.02. The highest BCUT2D eigenvalue weighted by Crippen LogP contribution is 2.33. The Bertz CT molecular complexity index is 865. The maximum absolute atomic E-state index is 11.4. The van der Waals surface area contributed by atoms with Crippen LogP contribution in [0.15, 0.2) is 59.6 Å². The standard InChI is InChI=1S/C19H17NO3S/c1-22-14-8-9-15-16(13-6-4-3-5-7-13)11-18(20-17(15)10-14)24-12-19(21)23-2/h3-11H,12H2,1-2H3. The second-order valence-electron chi connectivity index (χ2n) is 5.12. The van der Waals surface area contributed by atoms with Crippen molar-refractivity contribution >= 4 is 28.6 Å². The molecule has 5 heteroatoms. The number of thioether (sulfide) groups is 1. The maximum atomic E-state index is 11.4. The highest BCUT2D eigenvalue weighted by Gasteiger charge is 2.11. The van der Waals surface area contributed by atoms with Gasteiger partial charge in [-0.3, -0.25) is 4.79 Å². The van der Waals surface area contributed by atoms with Gasteiger partial charge in [-0.15, -0.1) is 0 Å². The second-order valence-corrected chi connectivity index (χ2v) is 6.12. The Morgan fingerprint density at radius 3 is 2.58 bits per heavy atom. The molecule has 4 nitrogen and oxygen atoms in total. The molecule has 0 aliphatic rings. The van der Waals surface area contributed by atoms with Crippen molar-refractivity contribution in [1.82, 2.24) is 4.98 Å². The lowest BCUT2D eigenvalue weighted by atomic mass is 10.0. The van der Waals surface area contributed by atoms with Crippen molar-refractivity contribution in [3.63, 3.8) is 0 Å². The van der Waals surface area contributed by atoms with Crippen LogP contribution in [0.1, 0.15) is 0 Å².